The van der Waals surface area contributed by atoms with E-state index in [2.05, 4.69) is 0 Å². The van der Waals surface area contributed by atoms with Crippen LogP contribution in [0, 0.1) is 5.92 Å². The van der Waals surface area contributed by atoms with E-state index >= 15 is 0 Å². The highest BCUT2D eigenvalue weighted by molar-refractivity contribution is 5.73. The first-order chi connectivity index (χ1) is 7.78. The van der Waals surface area contributed by atoms with Gasteiger partial charge in [-0.25, -0.2) is 4.79 Å². The van der Waals surface area contributed by atoms with E-state index in [1.807, 2.05) is 20.8 Å². The van der Waals surface area contributed by atoms with Crippen molar-refractivity contribution in [3.63, 3.8) is 0 Å². The lowest BCUT2D eigenvalue weighted by molar-refractivity contribution is -0.118. The smallest absolute Gasteiger partial charge is 0.410 e. The second-order valence-electron chi connectivity index (χ2n) is 5.59. The molecule has 0 radical (unpaired) electrons. The molecule has 0 bridgehead atoms. The van der Waals surface area contributed by atoms with Gasteiger partial charge in [0.05, 0.1) is 0 Å². The molecule has 2 amide bonds. The van der Waals surface area contributed by atoms with Crippen molar-refractivity contribution in [1.82, 2.24) is 4.90 Å². The molecule has 0 unspecified atom stereocenters. The van der Waals surface area contributed by atoms with E-state index in [1.54, 1.807) is 4.90 Å². The highest BCUT2D eigenvalue weighted by Gasteiger charge is 2.29. The molecule has 5 nitrogen and oxygen atoms in total. The number of primary amides is 1. The number of rotatable bonds is 3. The van der Waals surface area contributed by atoms with Crippen molar-refractivity contribution in [1.29, 1.82) is 0 Å². The number of carbonyl (C=O) groups excluding carboxylic acids is 2. The third kappa shape index (κ3) is 5.06. The van der Waals surface area contributed by atoms with E-state index in [9.17, 15) is 9.59 Å². The average molecular weight is 242 g/mol. The van der Waals surface area contributed by atoms with Gasteiger partial charge >= 0.3 is 6.09 Å². The molecule has 0 aromatic carbocycles. The minimum Gasteiger partial charge on any atom is -0.444 e. The van der Waals surface area contributed by atoms with Crippen LogP contribution in [0.3, 0.4) is 0 Å². The molecule has 1 heterocycles. The first kappa shape index (κ1) is 13.8. The van der Waals surface area contributed by atoms with Gasteiger partial charge in [-0.2, -0.15) is 0 Å². The number of hydrogen-bond acceptors (Lipinski definition) is 3. The van der Waals surface area contributed by atoms with E-state index in [0.717, 1.165) is 12.8 Å². The van der Waals surface area contributed by atoms with Crippen molar-refractivity contribution in [3.8, 4) is 0 Å². The van der Waals surface area contributed by atoms with Crippen molar-refractivity contribution >= 4 is 12.0 Å². The number of hydrogen-bond donors (Lipinski definition) is 1. The van der Waals surface area contributed by atoms with E-state index < -0.39 is 5.60 Å². The first-order valence-corrected chi connectivity index (χ1v) is 6.04. The predicted molar refractivity (Wildman–Crippen MR) is 64.3 cm³/mol. The summed E-state index contributed by atoms with van der Waals surface area (Å²) in [5.74, 6) is 0.0933. The van der Waals surface area contributed by atoms with Crippen molar-refractivity contribution in [3.05, 3.63) is 0 Å². The SMILES string of the molecule is CC(C)(C)OC(=O)N1CC[C@@H](CCC(N)=O)C1. The fourth-order valence-electron chi connectivity index (χ4n) is 1.91. The van der Waals surface area contributed by atoms with Crippen LogP contribution in [0.5, 0.6) is 0 Å². The Bertz CT molecular complexity index is 297. The zero-order chi connectivity index (χ0) is 13.1. The molecule has 5 heteroatoms. The highest BCUT2D eigenvalue weighted by Crippen LogP contribution is 2.22. The Morgan fingerprint density at radius 1 is 1.41 bits per heavy atom. The molecular formula is C12H22N2O3. The highest BCUT2D eigenvalue weighted by atomic mass is 16.6. The van der Waals surface area contributed by atoms with Gasteiger partial charge < -0.3 is 15.4 Å². The Labute approximate surface area is 102 Å². The first-order valence-electron chi connectivity index (χ1n) is 6.04. The van der Waals surface area contributed by atoms with Crippen molar-refractivity contribution in [2.75, 3.05) is 13.1 Å². The summed E-state index contributed by atoms with van der Waals surface area (Å²) >= 11 is 0. The molecule has 0 spiro atoms. The van der Waals surface area contributed by atoms with Gasteiger partial charge in [-0.3, -0.25) is 4.79 Å². The standard InChI is InChI=1S/C12H22N2O3/c1-12(2,3)17-11(16)14-7-6-9(8-14)4-5-10(13)15/h9H,4-8H2,1-3H3,(H2,13,15)/t9-/m1/s1. The van der Waals surface area contributed by atoms with Gasteiger partial charge in [0.15, 0.2) is 0 Å². The summed E-state index contributed by atoms with van der Waals surface area (Å²) in [5, 5.41) is 0. The van der Waals surface area contributed by atoms with Crippen LogP contribution in [0.4, 0.5) is 4.79 Å². The lowest BCUT2D eigenvalue weighted by Crippen LogP contribution is -2.35. The zero-order valence-electron chi connectivity index (χ0n) is 10.9. The summed E-state index contributed by atoms with van der Waals surface area (Å²) < 4.78 is 5.29. The van der Waals surface area contributed by atoms with Crippen molar-refractivity contribution < 1.29 is 14.3 Å². The Hall–Kier alpha value is -1.26. The van der Waals surface area contributed by atoms with Crippen molar-refractivity contribution in [2.45, 2.75) is 45.6 Å². The van der Waals surface area contributed by atoms with Crippen LogP contribution >= 0.6 is 0 Å². The summed E-state index contributed by atoms with van der Waals surface area (Å²) in [6, 6.07) is 0. The van der Waals surface area contributed by atoms with E-state index in [-0.39, 0.29) is 12.0 Å². The summed E-state index contributed by atoms with van der Waals surface area (Å²) in [6.45, 7) is 6.93. The Morgan fingerprint density at radius 2 is 2.06 bits per heavy atom. The lowest BCUT2D eigenvalue weighted by atomic mass is 10.0. The Morgan fingerprint density at radius 3 is 2.59 bits per heavy atom. The molecule has 1 saturated heterocycles. The molecule has 2 N–H and O–H groups in total. The number of carbonyl (C=O) groups is 2. The maximum Gasteiger partial charge on any atom is 0.410 e. The molecule has 17 heavy (non-hydrogen) atoms. The van der Waals surface area contributed by atoms with Crippen LogP contribution in [0.2, 0.25) is 0 Å². The van der Waals surface area contributed by atoms with Gasteiger partial charge in [0.2, 0.25) is 5.91 Å². The molecule has 1 atom stereocenters. The fraction of sp³-hybridized carbons (Fsp3) is 0.833. The fourth-order valence-corrected chi connectivity index (χ4v) is 1.91. The van der Waals surface area contributed by atoms with E-state index in [1.165, 1.54) is 0 Å². The normalized spacial score (nSPS) is 20.4. The monoisotopic (exact) mass is 242 g/mol. The molecule has 1 aliphatic heterocycles. The molecule has 0 aliphatic carbocycles. The number of nitrogens with two attached hydrogens (primary N) is 1. The van der Waals surface area contributed by atoms with Crippen LogP contribution in [0.15, 0.2) is 0 Å². The minimum atomic E-state index is -0.456. The summed E-state index contributed by atoms with van der Waals surface area (Å²) in [4.78, 5) is 24.1. The molecule has 0 saturated carbocycles. The molecule has 1 rings (SSSR count). The number of ether oxygens (including phenoxy) is 1. The van der Waals surface area contributed by atoms with E-state index in [0.29, 0.717) is 25.4 Å². The summed E-state index contributed by atoms with van der Waals surface area (Å²) in [7, 11) is 0. The molecule has 0 aromatic rings. The second kappa shape index (κ2) is 5.38. The third-order valence-corrected chi connectivity index (χ3v) is 2.74. The van der Waals surface area contributed by atoms with Crippen LogP contribution in [-0.2, 0) is 9.53 Å². The van der Waals surface area contributed by atoms with Gasteiger partial charge in [0.1, 0.15) is 5.60 Å². The largest absolute Gasteiger partial charge is 0.444 e. The zero-order valence-corrected chi connectivity index (χ0v) is 10.9. The van der Waals surface area contributed by atoms with E-state index in [4.69, 9.17) is 10.5 Å². The maximum atomic E-state index is 11.8. The quantitative estimate of drug-likeness (QED) is 0.815. The maximum absolute atomic E-state index is 11.8. The molecular weight excluding hydrogens is 220 g/mol. The van der Waals surface area contributed by atoms with Gasteiger partial charge in [-0.15, -0.1) is 0 Å². The van der Waals surface area contributed by atoms with Crippen molar-refractivity contribution in [2.24, 2.45) is 11.7 Å². The van der Waals surface area contributed by atoms with Crippen LogP contribution in [-0.4, -0.2) is 35.6 Å². The summed E-state index contributed by atoms with van der Waals surface area (Å²) in [6.07, 6.45) is 1.81. The number of amides is 2. The lowest BCUT2D eigenvalue weighted by Gasteiger charge is -2.24. The predicted octanol–water partition coefficient (Wildman–Crippen LogP) is 1.51. The molecule has 0 aromatic heterocycles. The average Bonchev–Trinajstić information content (AvgIpc) is 2.60. The Balaban J connectivity index is 2.34. The second-order valence-corrected chi connectivity index (χ2v) is 5.59. The molecule has 1 aliphatic rings. The van der Waals surface area contributed by atoms with Gasteiger partial charge in [-0.05, 0) is 39.5 Å². The Kier molecular flexibility index (Phi) is 4.37. The van der Waals surface area contributed by atoms with Gasteiger partial charge in [-0.1, -0.05) is 0 Å². The third-order valence-electron chi connectivity index (χ3n) is 2.74. The number of likely N-dealkylation sites (tertiary alicyclic amines) is 1. The van der Waals surface area contributed by atoms with Crippen LogP contribution in [0.1, 0.15) is 40.0 Å². The molecule has 1 fully saturated rings. The van der Waals surface area contributed by atoms with Crippen LogP contribution < -0.4 is 5.73 Å². The number of nitrogens with zero attached hydrogens (tertiary/aromatic N) is 1. The topological polar surface area (TPSA) is 72.6 Å². The van der Waals surface area contributed by atoms with Gasteiger partial charge in [0, 0.05) is 19.5 Å². The van der Waals surface area contributed by atoms with Gasteiger partial charge in [0.25, 0.3) is 0 Å². The minimum absolute atomic E-state index is 0.265. The summed E-state index contributed by atoms with van der Waals surface area (Å²) in [5.41, 5.74) is 4.65. The molecule has 98 valence electrons. The van der Waals surface area contributed by atoms with Crippen LogP contribution in [0.25, 0.3) is 0 Å².